The van der Waals surface area contributed by atoms with Crippen molar-refractivity contribution in [3.8, 4) is 0 Å². The van der Waals surface area contributed by atoms with Gasteiger partial charge in [-0.05, 0) is 69.2 Å². The van der Waals surface area contributed by atoms with E-state index in [0.717, 1.165) is 21.4 Å². The van der Waals surface area contributed by atoms with Crippen molar-refractivity contribution in [2.75, 3.05) is 7.11 Å². The molecule has 2 aromatic carbocycles. The number of amides is 1. The molecular weight excluding hydrogens is 422 g/mol. The normalized spacial score (nSPS) is 12.3. The standard InChI is InChI=1S/C26H29NO4S/c1-15-17(3)32-23-16(2)19(13-14-20(15)23)21(18-11-9-8-10-12-18)22(24(28)30-7)27-25(29)31-26(4,5)6/h8-14H,1-7H3,(H,27,29)/b22-21+. The van der Waals surface area contributed by atoms with Crippen molar-refractivity contribution in [2.24, 2.45) is 0 Å². The van der Waals surface area contributed by atoms with Crippen molar-refractivity contribution < 1.29 is 19.1 Å². The van der Waals surface area contributed by atoms with Gasteiger partial charge < -0.3 is 9.47 Å². The Balaban J connectivity index is 2.30. The van der Waals surface area contributed by atoms with Gasteiger partial charge in [0.25, 0.3) is 0 Å². The second-order valence-corrected chi connectivity index (χ2v) is 9.86. The number of esters is 1. The molecule has 0 aliphatic heterocycles. The van der Waals surface area contributed by atoms with Crippen LogP contribution in [-0.4, -0.2) is 24.8 Å². The number of thiophene rings is 1. The topological polar surface area (TPSA) is 64.6 Å². The number of methoxy groups -OCH3 is 1. The third-order valence-electron chi connectivity index (χ3n) is 5.19. The van der Waals surface area contributed by atoms with Gasteiger partial charge in [0, 0.05) is 15.2 Å². The Bertz CT molecular complexity index is 1200. The largest absolute Gasteiger partial charge is 0.464 e. The van der Waals surface area contributed by atoms with Gasteiger partial charge in [0.1, 0.15) is 11.3 Å². The number of hydrogen-bond acceptors (Lipinski definition) is 5. The lowest BCUT2D eigenvalue weighted by molar-refractivity contribution is -0.136. The number of carbonyl (C=O) groups is 2. The SMILES string of the molecule is COC(=O)/C(NC(=O)OC(C)(C)C)=C(/c1ccccc1)c1ccc2c(C)c(C)sc2c1C. The number of rotatable bonds is 4. The van der Waals surface area contributed by atoms with Crippen LogP contribution in [0.5, 0.6) is 0 Å². The lowest BCUT2D eigenvalue weighted by atomic mass is 9.91. The molecule has 0 saturated heterocycles. The minimum atomic E-state index is -0.715. The average Bonchev–Trinajstić information content (AvgIpc) is 3.02. The van der Waals surface area contributed by atoms with E-state index < -0.39 is 17.7 Å². The van der Waals surface area contributed by atoms with E-state index in [1.165, 1.54) is 22.9 Å². The molecule has 1 amide bonds. The van der Waals surface area contributed by atoms with Crippen LogP contribution < -0.4 is 5.32 Å². The van der Waals surface area contributed by atoms with E-state index in [1.807, 2.05) is 43.3 Å². The third-order valence-corrected chi connectivity index (χ3v) is 6.53. The van der Waals surface area contributed by atoms with Crippen LogP contribution in [-0.2, 0) is 14.3 Å². The van der Waals surface area contributed by atoms with E-state index in [2.05, 4.69) is 25.2 Å². The van der Waals surface area contributed by atoms with E-state index in [9.17, 15) is 9.59 Å². The molecule has 3 aromatic rings. The van der Waals surface area contributed by atoms with Gasteiger partial charge in [-0.15, -0.1) is 11.3 Å². The van der Waals surface area contributed by atoms with Gasteiger partial charge in [-0.1, -0.05) is 42.5 Å². The van der Waals surface area contributed by atoms with E-state index in [0.29, 0.717) is 5.57 Å². The molecule has 3 rings (SSSR count). The third kappa shape index (κ3) is 4.86. The summed E-state index contributed by atoms with van der Waals surface area (Å²) < 4.78 is 11.6. The number of aryl methyl sites for hydroxylation is 3. The van der Waals surface area contributed by atoms with E-state index >= 15 is 0 Å². The summed E-state index contributed by atoms with van der Waals surface area (Å²) >= 11 is 1.73. The van der Waals surface area contributed by atoms with Crippen LogP contribution in [0.25, 0.3) is 15.7 Å². The van der Waals surface area contributed by atoms with Gasteiger partial charge in [0.05, 0.1) is 7.11 Å². The Morgan fingerprint density at radius 2 is 1.59 bits per heavy atom. The second kappa shape index (κ2) is 9.17. The molecular formula is C26H29NO4S. The fraction of sp³-hybridized carbons (Fsp3) is 0.308. The van der Waals surface area contributed by atoms with E-state index in [-0.39, 0.29) is 5.70 Å². The van der Waals surface area contributed by atoms with Crippen LogP contribution >= 0.6 is 11.3 Å². The first kappa shape index (κ1) is 23.5. The van der Waals surface area contributed by atoms with Crippen molar-refractivity contribution in [3.05, 3.63) is 75.3 Å². The van der Waals surface area contributed by atoms with Crippen LogP contribution in [0.1, 0.15) is 47.9 Å². The first-order valence-corrected chi connectivity index (χ1v) is 11.2. The molecule has 168 valence electrons. The maximum Gasteiger partial charge on any atom is 0.412 e. The quantitative estimate of drug-likeness (QED) is 0.374. The lowest BCUT2D eigenvalue weighted by Gasteiger charge is -2.22. The van der Waals surface area contributed by atoms with Gasteiger partial charge in [0.15, 0.2) is 0 Å². The highest BCUT2D eigenvalue weighted by atomic mass is 32.1. The average molecular weight is 452 g/mol. The molecule has 0 unspecified atom stereocenters. The van der Waals surface area contributed by atoms with Crippen molar-refractivity contribution in [3.63, 3.8) is 0 Å². The number of fused-ring (bicyclic) bond motifs is 1. The highest BCUT2D eigenvalue weighted by Gasteiger charge is 2.26. The fourth-order valence-corrected chi connectivity index (χ4v) is 4.73. The first-order chi connectivity index (χ1) is 15.0. The summed E-state index contributed by atoms with van der Waals surface area (Å²) in [5.74, 6) is -0.646. The Hall–Kier alpha value is -3.12. The van der Waals surface area contributed by atoms with Crippen molar-refractivity contribution in [1.82, 2.24) is 5.32 Å². The number of carbonyl (C=O) groups excluding carboxylic acids is 2. The monoisotopic (exact) mass is 451 g/mol. The number of benzene rings is 2. The molecule has 0 radical (unpaired) electrons. The van der Waals surface area contributed by atoms with Crippen molar-refractivity contribution >= 4 is 39.1 Å². The number of hydrogen-bond donors (Lipinski definition) is 1. The predicted octanol–water partition coefficient (Wildman–Crippen LogP) is 6.28. The minimum absolute atomic E-state index is 0.0420. The number of nitrogens with one attached hydrogen (secondary N) is 1. The Labute approximate surface area is 193 Å². The predicted molar refractivity (Wildman–Crippen MR) is 130 cm³/mol. The molecule has 0 fully saturated rings. The van der Waals surface area contributed by atoms with E-state index in [1.54, 1.807) is 32.1 Å². The van der Waals surface area contributed by atoms with Gasteiger partial charge in [-0.2, -0.15) is 0 Å². The highest BCUT2D eigenvalue weighted by Crippen LogP contribution is 2.38. The van der Waals surface area contributed by atoms with Gasteiger partial charge in [0.2, 0.25) is 0 Å². The molecule has 5 nitrogen and oxygen atoms in total. The van der Waals surface area contributed by atoms with Crippen LogP contribution in [0.15, 0.2) is 48.2 Å². The second-order valence-electron chi connectivity index (χ2n) is 8.63. The van der Waals surface area contributed by atoms with Crippen molar-refractivity contribution in [2.45, 2.75) is 47.1 Å². The summed E-state index contributed by atoms with van der Waals surface area (Å²) in [5.41, 5.74) is 3.85. The van der Waals surface area contributed by atoms with Crippen LogP contribution in [0, 0.1) is 20.8 Å². The molecule has 0 bridgehead atoms. The van der Waals surface area contributed by atoms with Gasteiger partial charge >= 0.3 is 12.1 Å². The summed E-state index contributed by atoms with van der Waals surface area (Å²) in [5, 5.41) is 3.86. The molecule has 1 N–H and O–H groups in total. The Morgan fingerprint density at radius 3 is 2.19 bits per heavy atom. The molecule has 1 aromatic heterocycles. The summed E-state index contributed by atoms with van der Waals surface area (Å²) in [6.45, 7) is 11.6. The fourth-order valence-electron chi connectivity index (χ4n) is 3.57. The molecule has 6 heteroatoms. The van der Waals surface area contributed by atoms with E-state index in [4.69, 9.17) is 9.47 Å². The zero-order chi connectivity index (χ0) is 23.6. The number of alkyl carbamates (subject to hydrolysis) is 1. The summed E-state index contributed by atoms with van der Waals surface area (Å²) in [6.07, 6.45) is -0.715. The smallest absolute Gasteiger partial charge is 0.412 e. The van der Waals surface area contributed by atoms with Crippen LogP contribution in [0.4, 0.5) is 4.79 Å². The molecule has 0 saturated carbocycles. The molecule has 32 heavy (non-hydrogen) atoms. The molecule has 0 aliphatic rings. The maximum absolute atomic E-state index is 12.9. The van der Waals surface area contributed by atoms with Crippen LogP contribution in [0.2, 0.25) is 0 Å². The minimum Gasteiger partial charge on any atom is -0.464 e. The lowest BCUT2D eigenvalue weighted by Crippen LogP contribution is -2.35. The van der Waals surface area contributed by atoms with Crippen LogP contribution in [0.3, 0.4) is 0 Å². The zero-order valence-electron chi connectivity index (χ0n) is 19.6. The van der Waals surface area contributed by atoms with Gasteiger partial charge in [-0.3, -0.25) is 5.32 Å². The zero-order valence-corrected chi connectivity index (χ0v) is 20.4. The molecule has 0 spiro atoms. The number of ether oxygens (including phenoxy) is 2. The summed E-state index contributed by atoms with van der Waals surface area (Å²) in [4.78, 5) is 26.8. The van der Waals surface area contributed by atoms with Crippen molar-refractivity contribution in [1.29, 1.82) is 0 Å². The molecule has 0 atom stereocenters. The Morgan fingerprint density at radius 1 is 0.938 bits per heavy atom. The maximum atomic E-state index is 12.9. The molecule has 1 heterocycles. The van der Waals surface area contributed by atoms with Gasteiger partial charge in [-0.25, -0.2) is 9.59 Å². The molecule has 0 aliphatic carbocycles. The summed E-state index contributed by atoms with van der Waals surface area (Å²) in [6, 6.07) is 13.6. The Kier molecular flexibility index (Phi) is 6.74. The highest BCUT2D eigenvalue weighted by molar-refractivity contribution is 7.19. The summed E-state index contributed by atoms with van der Waals surface area (Å²) in [7, 11) is 1.30. The first-order valence-electron chi connectivity index (χ1n) is 10.4.